The van der Waals surface area contributed by atoms with Crippen molar-refractivity contribution in [1.29, 1.82) is 0 Å². The summed E-state index contributed by atoms with van der Waals surface area (Å²) < 4.78 is 1.80. The number of carbonyl (C=O) groups is 1. The molecular weight excluding hydrogens is 290 g/mol. The lowest BCUT2D eigenvalue weighted by Crippen LogP contribution is -2.33. The summed E-state index contributed by atoms with van der Waals surface area (Å²) in [6.07, 6.45) is 2.12. The van der Waals surface area contributed by atoms with Gasteiger partial charge in [0.15, 0.2) is 0 Å². The van der Waals surface area contributed by atoms with E-state index < -0.39 is 12.0 Å². The number of aliphatic hydroxyl groups excluding tert-OH is 1. The van der Waals surface area contributed by atoms with Crippen LogP contribution in [0, 0.1) is 19.8 Å². The number of imidazole rings is 1. The third kappa shape index (κ3) is 1.96. The van der Waals surface area contributed by atoms with E-state index in [4.69, 9.17) is 0 Å². The van der Waals surface area contributed by atoms with Gasteiger partial charge < -0.3 is 10.1 Å². The van der Waals surface area contributed by atoms with Gasteiger partial charge in [-0.15, -0.1) is 0 Å². The molecule has 3 aromatic rings. The number of fused-ring (bicyclic) bond motifs is 3. The lowest BCUT2D eigenvalue weighted by Gasteiger charge is -2.27. The van der Waals surface area contributed by atoms with Crippen molar-refractivity contribution >= 4 is 16.8 Å². The van der Waals surface area contributed by atoms with Gasteiger partial charge in [0, 0.05) is 16.8 Å². The van der Waals surface area contributed by atoms with Crippen LogP contribution in [0.2, 0.25) is 0 Å². The molecular formula is C18H19N3O2. The van der Waals surface area contributed by atoms with Crippen LogP contribution < -0.4 is 0 Å². The van der Waals surface area contributed by atoms with E-state index in [1.807, 2.05) is 31.2 Å². The SMILES string of the molecule is Cc1[nH]cnc1[C@H](O)[C@H]1CCc2c(C)c3ccccc3n2C1=O. The highest BCUT2D eigenvalue weighted by molar-refractivity contribution is 5.97. The summed E-state index contributed by atoms with van der Waals surface area (Å²) in [4.78, 5) is 20.2. The number of aromatic amines is 1. The Balaban J connectivity index is 1.81. The Morgan fingerprint density at radius 3 is 2.87 bits per heavy atom. The fourth-order valence-corrected chi connectivity index (χ4v) is 3.74. The normalized spacial score (nSPS) is 19.1. The predicted octanol–water partition coefficient (Wildman–Crippen LogP) is 2.92. The molecule has 0 radical (unpaired) electrons. The molecule has 1 aliphatic heterocycles. The summed E-state index contributed by atoms with van der Waals surface area (Å²) in [5, 5.41) is 11.8. The number of aliphatic hydroxyl groups is 1. The molecule has 0 aliphatic carbocycles. The molecule has 0 fully saturated rings. The Labute approximate surface area is 134 Å². The largest absolute Gasteiger partial charge is 0.386 e. The van der Waals surface area contributed by atoms with Crippen LogP contribution in [-0.4, -0.2) is 25.5 Å². The monoisotopic (exact) mass is 309 g/mol. The number of H-pyrrole nitrogens is 1. The minimum absolute atomic E-state index is 0.0366. The highest BCUT2D eigenvalue weighted by Gasteiger charge is 2.36. The fraction of sp³-hybridized carbons (Fsp3) is 0.333. The van der Waals surface area contributed by atoms with Crippen LogP contribution in [0.1, 0.15) is 40.0 Å². The van der Waals surface area contributed by atoms with Crippen LogP contribution in [0.4, 0.5) is 0 Å². The van der Waals surface area contributed by atoms with Crippen molar-refractivity contribution in [3.8, 4) is 0 Å². The maximum absolute atomic E-state index is 13.1. The summed E-state index contributed by atoms with van der Waals surface area (Å²) in [5.74, 6) is -0.495. The number of carbonyl (C=O) groups excluding carboxylic acids is 1. The molecule has 1 aromatic carbocycles. The van der Waals surface area contributed by atoms with Crippen LogP contribution in [0.15, 0.2) is 30.6 Å². The zero-order valence-electron chi connectivity index (χ0n) is 13.2. The molecule has 0 saturated heterocycles. The van der Waals surface area contributed by atoms with Gasteiger partial charge in [-0.2, -0.15) is 0 Å². The van der Waals surface area contributed by atoms with Crippen molar-refractivity contribution in [3.63, 3.8) is 0 Å². The molecule has 2 atom stereocenters. The molecule has 0 saturated carbocycles. The molecule has 2 aromatic heterocycles. The van der Waals surface area contributed by atoms with Crippen LogP contribution in [0.3, 0.4) is 0 Å². The minimum atomic E-state index is -0.872. The number of para-hydroxylation sites is 1. The Kier molecular flexibility index (Phi) is 3.13. The summed E-state index contributed by atoms with van der Waals surface area (Å²) in [7, 11) is 0. The lowest BCUT2D eigenvalue weighted by atomic mass is 9.89. The van der Waals surface area contributed by atoms with Crippen molar-refractivity contribution in [2.24, 2.45) is 5.92 Å². The van der Waals surface area contributed by atoms with Gasteiger partial charge in [-0.25, -0.2) is 4.98 Å². The molecule has 0 amide bonds. The first-order chi connectivity index (χ1) is 11.1. The summed E-state index contributed by atoms with van der Waals surface area (Å²) in [6, 6.07) is 7.95. The Bertz CT molecular complexity index is 906. The molecule has 0 unspecified atom stereocenters. The second-order valence-electron chi connectivity index (χ2n) is 6.27. The third-order valence-corrected chi connectivity index (χ3v) is 5.01. The second-order valence-corrected chi connectivity index (χ2v) is 6.27. The van der Waals surface area contributed by atoms with E-state index >= 15 is 0 Å². The fourth-order valence-electron chi connectivity index (χ4n) is 3.74. The van der Waals surface area contributed by atoms with Crippen molar-refractivity contribution in [2.45, 2.75) is 32.8 Å². The predicted molar refractivity (Wildman–Crippen MR) is 87.4 cm³/mol. The van der Waals surface area contributed by atoms with Crippen LogP contribution in [-0.2, 0) is 6.42 Å². The quantitative estimate of drug-likeness (QED) is 0.764. The zero-order chi connectivity index (χ0) is 16.1. The first-order valence-corrected chi connectivity index (χ1v) is 7.90. The number of aryl methyl sites for hydroxylation is 2. The average Bonchev–Trinajstić information content (AvgIpc) is 3.10. The van der Waals surface area contributed by atoms with Crippen LogP contribution in [0.25, 0.3) is 10.9 Å². The highest BCUT2D eigenvalue weighted by atomic mass is 16.3. The van der Waals surface area contributed by atoms with Gasteiger partial charge in [-0.1, -0.05) is 18.2 Å². The van der Waals surface area contributed by atoms with Crippen molar-refractivity contribution in [3.05, 3.63) is 53.2 Å². The van der Waals surface area contributed by atoms with Gasteiger partial charge in [-0.3, -0.25) is 9.36 Å². The van der Waals surface area contributed by atoms with E-state index in [0.29, 0.717) is 12.1 Å². The minimum Gasteiger partial charge on any atom is -0.386 e. The molecule has 3 heterocycles. The van der Waals surface area contributed by atoms with Crippen LogP contribution >= 0.6 is 0 Å². The molecule has 0 bridgehead atoms. The topological polar surface area (TPSA) is 70.9 Å². The number of nitrogens with zero attached hydrogens (tertiary/aromatic N) is 2. The zero-order valence-corrected chi connectivity index (χ0v) is 13.2. The van der Waals surface area contributed by atoms with Crippen molar-refractivity contribution in [2.75, 3.05) is 0 Å². The van der Waals surface area contributed by atoms with Crippen molar-refractivity contribution < 1.29 is 9.90 Å². The molecule has 5 heteroatoms. The van der Waals surface area contributed by atoms with E-state index in [2.05, 4.69) is 16.9 Å². The summed E-state index contributed by atoms with van der Waals surface area (Å²) >= 11 is 0. The van der Waals surface area contributed by atoms with E-state index in [-0.39, 0.29) is 5.91 Å². The summed E-state index contributed by atoms with van der Waals surface area (Å²) in [5.41, 5.74) is 4.54. The van der Waals surface area contributed by atoms with Crippen LogP contribution in [0.5, 0.6) is 0 Å². The average molecular weight is 309 g/mol. The van der Waals surface area contributed by atoms with Gasteiger partial charge in [0.1, 0.15) is 6.10 Å². The van der Waals surface area contributed by atoms with E-state index in [1.165, 1.54) is 0 Å². The van der Waals surface area contributed by atoms with Gasteiger partial charge in [-0.05, 0) is 38.3 Å². The second kappa shape index (κ2) is 5.06. The Morgan fingerprint density at radius 1 is 1.35 bits per heavy atom. The van der Waals surface area contributed by atoms with Gasteiger partial charge in [0.2, 0.25) is 5.91 Å². The maximum Gasteiger partial charge on any atom is 0.237 e. The molecule has 5 nitrogen and oxygen atoms in total. The Hall–Kier alpha value is -2.40. The molecule has 0 spiro atoms. The van der Waals surface area contributed by atoms with E-state index in [0.717, 1.165) is 34.3 Å². The maximum atomic E-state index is 13.1. The Morgan fingerprint density at radius 2 is 2.13 bits per heavy atom. The molecule has 118 valence electrons. The molecule has 2 N–H and O–H groups in total. The third-order valence-electron chi connectivity index (χ3n) is 5.01. The standard InChI is InChI=1S/C18H19N3O2/c1-10-12-5-3-4-6-15(12)21-14(10)8-7-13(18(21)23)17(22)16-11(2)19-9-20-16/h3-6,9,13,17,22H,7-8H2,1-2H3,(H,19,20)/t13-,17-/m1/s1. The number of nitrogens with one attached hydrogen (secondary N) is 1. The number of benzene rings is 1. The molecule has 1 aliphatic rings. The number of aromatic nitrogens is 3. The summed E-state index contributed by atoms with van der Waals surface area (Å²) in [6.45, 7) is 3.93. The first kappa shape index (κ1) is 14.2. The lowest BCUT2D eigenvalue weighted by molar-refractivity contribution is 0.0530. The molecule has 4 rings (SSSR count). The number of hydrogen-bond donors (Lipinski definition) is 2. The smallest absolute Gasteiger partial charge is 0.237 e. The number of hydrogen-bond acceptors (Lipinski definition) is 3. The highest BCUT2D eigenvalue weighted by Crippen LogP contribution is 2.36. The number of rotatable bonds is 2. The first-order valence-electron chi connectivity index (χ1n) is 7.90. The van der Waals surface area contributed by atoms with E-state index in [1.54, 1.807) is 10.9 Å². The van der Waals surface area contributed by atoms with E-state index in [9.17, 15) is 9.90 Å². The van der Waals surface area contributed by atoms with Gasteiger partial charge in [0.25, 0.3) is 0 Å². The van der Waals surface area contributed by atoms with Crippen molar-refractivity contribution in [1.82, 2.24) is 14.5 Å². The van der Waals surface area contributed by atoms with Gasteiger partial charge in [0.05, 0.1) is 23.5 Å². The van der Waals surface area contributed by atoms with Gasteiger partial charge >= 0.3 is 0 Å². The molecule has 23 heavy (non-hydrogen) atoms.